The lowest BCUT2D eigenvalue weighted by Crippen LogP contribution is -2.46. The number of likely N-dealkylation sites (tertiary alicyclic amines) is 1. The summed E-state index contributed by atoms with van der Waals surface area (Å²) in [5.74, 6) is 1.17. The third kappa shape index (κ3) is 4.98. The first kappa shape index (κ1) is 19.5. The van der Waals surface area contributed by atoms with Crippen molar-refractivity contribution in [1.29, 1.82) is 5.41 Å². The van der Waals surface area contributed by atoms with Gasteiger partial charge in [-0.25, -0.2) is 25.1 Å². The summed E-state index contributed by atoms with van der Waals surface area (Å²) in [5, 5.41) is 20.5. The van der Waals surface area contributed by atoms with Crippen LogP contribution in [0.5, 0.6) is 5.88 Å². The predicted octanol–water partition coefficient (Wildman–Crippen LogP) is 1.14. The van der Waals surface area contributed by atoms with Crippen LogP contribution in [-0.4, -0.2) is 72.2 Å². The van der Waals surface area contributed by atoms with Gasteiger partial charge in [0, 0.05) is 13.1 Å². The maximum atomic E-state index is 8.83. The molecule has 0 spiro atoms. The van der Waals surface area contributed by atoms with Gasteiger partial charge in [-0.3, -0.25) is 10.6 Å². The molecule has 1 aliphatic heterocycles. The molecule has 11 nitrogen and oxygen atoms in total. The lowest BCUT2D eigenvalue weighted by atomic mass is 9.94. The molecule has 4 rings (SSSR count). The second kappa shape index (κ2) is 9.14. The highest BCUT2D eigenvalue weighted by molar-refractivity contribution is 5.75. The predicted molar refractivity (Wildman–Crippen MR) is 102 cm³/mol. The van der Waals surface area contributed by atoms with Crippen LogP contribution in [0.4, 0.5) is 0 Å². The molecule has 1 saturated heterocycles. The number of nitrogens with one attached hydrogen (secondary N) is 2. The van der Waals surface area contributed by atoms with Crippen LogP contribution < -0.4 is 10.2 Å². The lowest BCUT2D eigenvalue weighted by molar-refractivity contribution is -0.0623. The van der Waals surface area contributed by atoms with Crippen molar-refractivity contribution < 1.29 is 14.7 Å². The zero-order chi connectivity index (χ0) is 20.1. The first-order chi connectivity index (χ1) is 14.2. The monoisotopic (exact) mass is 402 g/mol. The largest absolute Gasteiger partial charge is 0.473 e. The Labute approximate surface area is 168 Å². The normalized spacial score (nSPS) is 23.0. The second-order valence-electron chi connectivity index (χ2n) is 7.35. The van der Waals surface area contributed by atoms with Gasteiger partial charge in [-0.05, 0) is 38.5 Å². The maximum Gasteiger partial charge on any atom is 0.232 e. The van der Waals surface area contributed by atoms with Crippen LogP contribution in [0.3, 0.4) is 0 Å². The maximum absolute atomic E-state index is 8.83. The minimum Gasteiger partial charge on any atom is -0.473 e. The topological polar surface area (TPSA) is 134 Å². The molecule has 1 saturated carbocycles. The van der Waals surface area contributed by atoms with Crippen molar-refractivity contribution in [3.8, 4) is 11.7 Å². The van der Waals surface area contributed by atoms with Gasteiger partial charge in [0.2, 0.25) is 11.8 Å². The van der Waals surface area contributed by atoms with E-state index in [0.29, 0.717) is 11.7 Å². The zero-order valence-corrected chi connectivity index (χ0v) is 16.1. The molecule has 1 aliphatic carbocycles. The molecule has 0 amide bonds. The Bertz CT molecular complexity index is 769. The summed E-state index contributed by atoms with van der Waals surface area (Å²) in [6.45, 7) is 1.44. The lowest BCUT2D eigenvalue weighted by Gasteiger charge is -2.36. The molecule has 0 radical (unpaired) electrons. The molecule has 156 valence electrons. The van der Waals surface area contributed by atoms with Crippen molar-refractivity contribution in [2.24, 2.45) is 0 Å². The van der Waals surface area contributed by atoms with E-state index in [0.717, 1.165) is 51.6 Å². The minimum absolute atomic E-state index is 0.0542. The van der Waals surface area contributed by atoms with Crippen molar-refractivity contribution in [1.82, 2.24) is 35.1 Å². The number of nitrogens with zero attached hydrogens (tertiary/aromatic N) is 6. The van der Waals surface area contributed by atoms with E-state index in [1.165, 1.54) is 6.33 Å². The van der Waals surface area contributed by atoms with Crippen LogP contribution in [0.2, 0.25) is 0 Å². The molecular formula is C18H26N8O3. The number of rotatable bonds is 5. The number of aromatic nitrogens is 5. The molecule has 0 atom stereocenters. The van der Waals surface area contributed by atoms with Crippen LogP contribution in [-0.2, 0) is 4.74 Å². The second-order valence-corrected chi connectivity index (χ2v) is 7.35. The average molecular weight is 402 g/mol. The summed E-state index contributed by atoms with van der Waals surface area (Å²) < 4.78 is 13.8. The van der Waals surface area contributed by atoms with Gasteiger partial charge in [-0.15, -0.1) is 0 Å². The minimum atomic E-state index is 0.0542. The van der Waals surface area contributed by atoms with E-state index < -0.39 is 0 Å². The Kier molecular flexibility index (Phi) is 6.15. The molecule has 2 aliphatic rings. The molecule has 11 heteroatoms. The Balaban J connectivity index is 1.19. The van der Waals surface area contributed by atoms with Gasteiger partial charge in [0.05, 0.1) is 24.6 Å². The van der Waals surface area contributed by atoms with E-state index in [9.17, 15) is 0 Å². The highest BCUT2D eigenvalue weighted by Crippen LogP contribution is 2.27. The van der Waals surface area contributed by atoms with Gasteiger partial charge in [0.1, 0.15) is 18.8 Å². The molecule has 0 unspecified atom stereocenters. The third-order valence-corrected chi connectivity index (χ3v) is 5.43. The van der Waals surface area contributed by atoms with Crippen LogP contribution in [0.15, 0.2) is 25.0 Å². The highest BCUT2D eigenvalue weighted by atomic mass is 16.5. The van der Waals surface area contributed by atoms with Crippen LogP contribution in [0, 0.1) is 5.41 Å². The fourth-order valence-corrected chi connectivity index (χ4v) is 3.83. The summed E-state index contributed by atoms with van der Waals surface area (Å²) in [5.41, 5.74) is 1.90. The van der Waals surface area contributed by atoms with Gasteiger partial charge < -0.3 is 14.4 Å². The summed E-state index contributed by atoms with van der Waals surface area (Å²) in [6.07, 6.45) is 12.4. The fraction of sp³-hybridized carbons (Fsp3) is 0.611. The molecule has 3 heterocycles. The number of ether oxygens (including phenoxy) is 2. The van der Waals surface area contributed by atoms with E-state index in [2.05, 4.69) is 20.1 Å². The van der Waals surface area contributed by atoms with Crippen molar-refractivity contribution in [3.05, 3.63) is 25.0 Å². The summed E-state index contributed by atoms with van der Waals surface area (Å²) in [6, 6.07) is 0. The Morgan fingerprint density at radius 2 is 1.76 bits per heavy atom. The Hall–Kier alpha value is -2.79. The van der Waals surface area contributed by atoms with Crippen LogP contribution in [0.25, 0.3) is 5.82 Å². The molecule has 29 heavy (non-hydrogen) atoms. The summed E-state index contributed by atoms with van der Waals surface area (Å²) in [4.78, 5) is 14.3. The smallest absolute Gasteiger partial charge is 0.232 e. The van der Waals surface area contributed by atoms with Crippen molar-refractivity contribution in [2.45, 2.75) is 56.8 Å². The van der Waals surface area contributed by atoms with Crippen molar-refractivity contribution in [2.75, 3.05) is 13.1 Å². The van der Waals surface area contributed by atoms with E-state index in [1.54, 1.807) is 23.4 Å². The number of guanidine groups is 1. The number of hydrogen-bond donors (Lipinski definition) is 3. The third-order valence-electron chi connectivity index (χ3n) is 5.43. The average Bonchev–Trinajstić information content (AvgIpc) is 3.31. The molecule has 2 aromatic rings. The van der Waals surface area contributed by atoms with Crippen molar-refractivity contribution >= 4 is 5.96 Å². The van der Waals surface area contributed by atoms with Crippen LogP contribution in [0.1, 0.15) is 38.5 Å². The molecule has 2 fully saturated rings. The number of hydrogen-bond acceptors (Lipinski definition) is 8. The summed E-state index contributed by atoms with van der Waals surface area (Å²) in [7, 11) is 0. The van der Waals surface area contributed by atoms with Gasteiger partial charge in [-0.2, -0.15) is 5.10 Å². The van der Waals surface area contributed by atoms with E-state index >= 15 is 0 Å². The van der Waals surface area contributed by atoms with Crippen LogP contribution >= 0.6 is 0 Å². The molecular weight excluding hydrogens is 376 g/mol. The quantitative estimate of drug-likeness (QED) is 0.382. The van der Waals surface area contributed by atoms with Gasteiger partial charge >= 0.3 is 0 Å². The standard InChI is InChI=1S/C18H26N8O3/c19-18(24-27)25-7-5-15(6-8-25)28-13-1-3-14(4-2-13)29-17-10-21-16(9-22-17)26-12-20-11-23-26/h9-15,27H,1-8H2,(H2,19,24). The zero-order valence-electron chi connectivity index (χ0n) is 16.1. The van der Waals surface area contributed by atoms with E-state index in [4.69, 9.17) is 20.1 Å². The molecule has 0 bridgehead atoms. The summed E-state index contributed by atoms with van der Waals surface area (Å²) >= 11 is 0. The first-order valence-corrected chi connectivity index (χ1v) is 9.94. The Morgan fingerprint density at radius 1 is 1.03 bits per heavy atom. The van der Waals surface area contributed by atoms with E-state index in [-0.39, 0.29) is 24.3 Å². The highest BCUT2D eigenvalue weighted by Gasteiger charge is 2.28. The van der Waals surface area contributed by atoms with Gasteiger partial charge in [0.15, 0.2) is 5.82 Å². The molecule has 3 N–H and O–H groups in total. The molecule has 0 aromatic carbocycles. The number of hydroxylamine groups is 1. The first-order valence-electron chi connectivity index (χ1n) is 9.94. The van der Waals surface area contributed by atoms with Gasteiger partial charge in [-0.1, -0.05) is 0 Å². The SMILES string of the molecule is N=C(NO)N1CCC(OC2CCC(Oc3cnc(-n4cncn4)cn3)CC2)CC1. The number of piperidine rings is 1. The van der Waals surface area contributed by atoms with Crippen molar-refractivity contribution in [3.63, 3.8) is 0 Å². The molecule has 2 aromatic heterocycles. The van der Waals surface area contributed by atoms with E-state index in [1.807, 2.05) is 10.4 Å². The van der Waals surface area contributed by atoms with Gasteiger partial charge in [0.25, 0.3) is 0 Å². The fourth-order valence-electron chi connectivity index (χ4n) is 3.83. The Morgan fingerprint density at radius 3 is 2.38 bits per heavy atom.